The molecular formula is C14H19BrN2O. The second-order valence-corrected chi connectivity index (χ2v) is 5.21. The summed E-state index contributed by atoms with van der Waals surface area (Å²) in [7, 11) is 0. The van der Waals surface area contributed by atoms with E-state index in [1.807, 2.05) is 32.0 Å². The molecule has 0 spiro atoms. The van der Waals surface area contributed by atoms with Crippen molar-refractivity contribution in [2.75, 3.05) is 18.5 Å². The SMILES string of the molecule is CC(C)OCCCCNc1ccc(C#N)c(Br)c1. The highest BCUT2D eigenvalue weighted by atomic mass is 79.9. The van der Waals surface area contributed by atoms with Gasteiger partial charge < -0.3 is 10.1 Å². The van der Waals surface area contributed by atoms with E-state index in [0.717, 1.165) is 36.2 Å². The number of hydrogen-bond donors (Lipinski definition) is 1. The molecule has 0 bridgehead atoms. The lowest BCUT2D eigenvalue weighted by Gasteiger charge is -2.09. The highest BCUT2D eigenvalue weighted by Gasteiger charge is 2.00. The Labute approximate surface area is 117 Å². The van der Waals surface area contributed by atoms with Gasteiger partial charge in [-0.3, -0.25) is 0 Å². The smallest absolute Gasteiger partial charge is 0.100 e. The van der Waals surface area contributed by atoms with Gasteiger partial charge in [-0.2, -0.15) is 5.26 Å². The van der Waals surface area contributed by atoms with Crippen LogP contribution in [-0.2, 0) is 4.74 Å². The summed E-state index contributed by atoms with van der Waals surface area (Å²) in [6, 6.07) is 7.80. The number of unbranched alkanes of at least 4 members (excludes halogenated alkanes) is 1. The minimum atomic E-state index is 0.312. The summed E-state index contributed by atoms with van der Waals surface area (Å²) in [6.07, 6.45) is 2.44. The Kier molecular flexibility index (Phi) is 6.77. The highest BCUT2D eigenvalue weighted by molar-refractivity contribution is 9.10. The van der Waals surface area contributed by atoms with Crippen LogP contribution in [0.1, 0.15) is 32.3 Å². The molecule has 0 heterocycles. The molecule has 1 aromatic rings. The number of nitrogens with one attached hydrogen (secondary N) is 1. The average molecular weight is 311 g/mol. The molecule has 0 atom stereocenters. The number of rotatable bonds is 7. The van der Waals surface area contributed by atoms with Crippen LogP contribution in [0.2, 0.25) is 0 Å². The molecule has 0 amide bonds. The normalized spacial score (nSPS) is 10.4. The molecule has 0 radical (unpaired) electrons. The zero-order chi connectivity index (χ0) is 13.4. The summed E-state index contributed by atoms with van der Waals surface area (Å²) in [6.45, 7) is 5.83. The van der Waals surface area contributed by atoms with Crippen molar-refractivity contribution in [2.45, 2.75) is 32.8 Å². The molecule has 0 aliphatic rings. The van der Waals surface area contributed by atoms with Crippen LogP contribution in [0.3, 0.4) is 0 Å². The van der Waals surface area contributed by atoms with E-state index < -0.39 is 0 Å². The molecule has 18 heavy (non-hydrogen) atoms. The third kappa shape index (κ3) is 5.52. The van der Waals surface area contributed by atoms with Gasteiger partial charge in [0.2, 0.25) is 0 Å². The highest BCUT2D eigenvalue weighted by Crippen LogP contribution is 2.20. The van der Waals surface area contributed by atoms with E-state index in [9.17, 15) is 0 Å². The topological polar surface area (TPSA) is 45.0 Å². The van der Waals surface area contributed by atoms with Gasteiger partial charge in [0.15, 0.2) is 0 Å². The standard InChI is InChI=1S/C14H19BrN2O/c1-11(2)18-8-4-3-7-17-13-6-5-12(10-16)14(15)9-13/h5-6,9,11,17H,3-4,7-8H2,1-2H3. The quantitative estimate of drug-likeness (QED) is 0.776. The first-order valence-corrected chi connectivity index (χ1v) is 6.98. The Morgan fingerprint density at radius 1 is 1.39 bits per heavy atom. The molecule has 1 aromatic carbocycles. The Morgan fingerprint density at radius 3 is 2.78 bits per heavy atom. The zero-order valence-electron chi connectivity index (χ0n) is 10.9. The molecule has 1 rings (SSSR count). The second kappa shape index (κ2) is 8.12. The molecule has 0 aromatic heterocycles. The van der Waals surface area contributed by atoms with Crippen molar-refractivity contribution in [3.63, 3.8) is 0 Å². The molecule has 98 valence electrons. The van der Waals surface area contributed by atoms with E-state index in [0.29, 0.717) is 11.7 Å². The Morgan fingerprint density at radius 2 is 2.17 bits per heavy atom. The Bertz CT molecular complexity index is 413. The van der Waals surface area contributed by atoms with Crippen LogP contribution in [0.4, 0.5) is 5.69 Å². The van der Waals surface area contributed by atoms with Crippen molar-refractivity contribution in [2.24, 2.45) is 0 Å². The van der Waals surface area contributed by atoms with Crippen molar-refractivity contribution in [1.29, 1.82) is 5.26 Å². The molecule has 0 unspecified atom stereocenters. The van der Waals surface area contributed by atoms with E-state index in [-0.39, 0.29) is 0 Å². The predicted octanol–water partition coefficient (Wildman–Crippen LogP) is 3.94. The van der Waals surface area contributed by atoms with Crippen LogP contribution in [0.25, 0.3) is 0 Å². The summed E-state index contributed by atoms with van der Waals surface area (Å²) in [5.41, 5.74) is 1.69. The van der Waals surface area contributed by atoms with E-state index in [1.165, 1.54) is 0 Å². The van der Waals surface area contributed by atoms with Gasteiger partial charge in [-0.15, -0.1) is 0 Å². The Balaban J connectivity index is 2.24. The van der Waals surface area contributed by atoms with Crippen molar-refractivity contribution < 1.29 is 4.74 Å². The molecular weight excluding hydrogens is 292 g/mol. The van der Waals surface area contributed by atoms with Crippen LogP contribution in [-0.4, -0.2) is 19.3 Å². The van der Waals surface area contributed by atoms with Gasteiger partial charge in [0.25, 0.3) is 0 Å². The molecule has 0 saturated heterocycles. The predicted molar refractivity (Wildman–Crippen MR) is 77.7 cm³/mol. The summed E-state index contributed by atoms with van der Waals surface area (Å²) >= 11 is 3.37. The number of halogens is 1. The van der Waals surface area contributed by atoms with Crippen LogP contribution < -0.4 is 5.32 Å². The van der Waals surface area contributed by atoms with Crippen molar-refractivity contribution >= 4 is 21.6 Å². The molecule has 4 heteroatoms. The first-order valence-electron chi connectivity index (χ1n) is 6.18. The Hall–Kier alpha value is -1.05. The van der Waals surface area contributed by atoms with E-state index in [1.54, 1.807) is 0 Å². The molecule has 0 fully saturated rings. The fourth-order valence-corrected chi connectivity index (χ4v) is 1.96. The maximum atomic E-state index is 8.81. The number of nitrogens with zero attached hydrogens (tertiary/aromatic N) is 1. The van der Waals surface area contributed by atoms with Crippen LogP contribution in [0.5, 0.6) is 0 Å². The largest absolute Gasteiger partial charge is 0.385 e. The van der Waals surface area contributed by atoms with Gasteiger partial charge in [-0.25, -0.2) is 0 Å². The van der Waals surface area contributed by atoms with Crippen molar-refractivity contribution in [1.82, 2.24) is 0 Å². The maximum absolute atomic E-state index is 8.81. The number of anilines is 1. The van der Waals surface area contributed by atoms with Gasteiger partial charge in [-0.1, -0.05) is 0 Å². The summed E-state index contributed by atoms with van der Waals surface area (Å²) in [5.74, 6) is 0. The van der Waals surface area contributed by atoms with Gasteiger partial charge in [0.1, 0.15) is 6.07 Å². The molecule has 3 nitrogen and oxygen atoms in total. The first kappa shape index (κ1) is 15.0. The van der Waals surface area contributed by atoms with Crippen molar-refractivity contribution in [3.8, 4) is 6.07 Å². The van der Waals surface area contributed by atoms with Crippen LogP contribution >= 0.6 is 15.9 Å². The lowest BCUT2D eigenvalue weighted by atomic mass is 10.2. The lowest BCUT2D eigenvalue weighted by molar-refractivity contribution is 0.0765. The van der Waals surface area contributed by atoms with Gasteiger partial charge in [0, 0.05) is 23.3 Å². The van der Waals surface area contributed by atoms with E-state index in [2.05, 4.69) is 27.3 Å². The third-order valence-corrected chi connectivity index (χ3v) is 3.10. The van der Waals surface area contributed by atoms with Gasteiger partial charge in [-0.05, 0) is 60.8 Å². The van der Waals surface area contributed by atoms with Gasteiger partial charge >= 0.3 is 0 Å². The fraction of sp³-hybridized carbons (Fsp3) is 0.500. The first-order chi connectivity index (χ1) is 8.63. The summed E-state index contributed by atoms with van der Waals surface area (Å²) in [5, 5.41) is 12.1. The van der Waals surface area contributed by atoms with Crippen LogP contribution in [0.15, 0.2) is 22.7 Å². The average Bonchev–Trinajstić information content (AvgIpc) is 2.33. The summed E-state index contributed by atoms with van der Waals surface area (Å²) in [4.78, 5) is 0. The molecule has 1 N–H and O–H groups in total. The molecule has 0 aliphatic carbocycles. The minimum Gasteiger partial charge on any atom is -0.385 e. The molecule has 0 aliphatic heterocycles. The minimum absolute atomic E-state index is 0.312. The second-order valence-electron chi connectivity index (χ2n) is 4.36. The maximum Gasteiger partial charge on any atom is 0.100 e. The number of ether oxygens (including phenoxy) is 1. The summed E-state index contributed by atoms with van der Waals surface area (Å²) < 4.78 is 6.30. The van der Waals surface area contributed by atoms with Gasteiger partial charge in [0.05, 0.1) is 11.7 Å². The zero-order valence-corrected chi connectivity index (χ0v) is 12.5. The molecule has 0 saturated carbocycles. The van der Waals surface area contributed by atoms with E-state index >= 15 is 0 Å². The lowest BCUT2D eigenvalue weighted by Crippen LogP contribution is -2.07. The number of hydrogen-bond acceptors (Lipinski definition) is 3. The number of benzene rings is 1. The monoisotopic (exact) mass is 310 g/mol. The van der Waals surface area contributed by atoms with E-state index in [4.69, 9.17) is 10.00 Å². The number of nitriles is 1. The fourth-order valence-electron chi connectivity index (χ4n) is 1.49. The third-order valence-electron chi connectivity index (χ3n) is 2.44. The van der Waals surface area contributed by atoms with Crippen molar-refractivity contribution in [3.05, 3.63) is 28.2 Å². The van der Waals surface area contributed by atoms with Crippen LogP contribution in [0, 0.1) is 11.3 Å².